The first-order valence-corrected chi connectivity index (χ1v) is 7.84. The molecule has 1 saturated carbocycles. The van der Waals surface area contributed by atoms with Crippen LogP contribution in [0.5, 0.6) is 0 Å². The summed E-state index contributed by atoms with van der Waals surface area (Å²) in [5.74, 6) is 0.964. The zero-order chi connectivity index (χ0) is 15.1. The van der Waals surface area contributed by atoms with E-state index in [9.17, 15) is 0 Å². The summed E-state index contributed by atoms with van der Waals surface area (Å²) in [4.78, 5) is 11.2. The topological polar surface area (TPSA) is 76.2 Å². The number of aromatic amines is 1. The van der Waals surface area contributed by atoms with E-state index >= 15 is 0 Å². The molecule has 3 unspecified atom stereocenters. The average Bonchev–Trinajstić information content (AvgIpc) is 2.95. The number of nitrogens with one attached hydrogen (secondary N) is 1. The van der Waals surface area contributed by atoms with Crippen molar-refractivity contribution in [2.45, 2.75) is 44.4 Å². The van der Waals surface area contributed by atoms with Gasteiger partial charge in [0.05, 0.1) is 30.2 Å². The molecule has 1 N–H and O–H groups in total. The smallest absolute Gasteiger partial charge is 0.186 e. The lowest BCUT2D eigenvalue weighted by atomic mass is 9.88. The highest BCUT2D eigenvalue weighted by atomic mass is 16.5. The van der Waals surface area contributed by atoms with Gasteiger partial charge >= 0.3 is 0 Å². The second-order valence-electron chi connectivity index (χ2n) is 6.09. The Hall–Kier alpha value is -1.73. The summed E-state index contributed by atoms with van der Waals surface area (Å²) in [6, 6.07) is 0.305. The third-order valence-electron chi connectivity index (χ3n) is 4.89. The first kappa shape index (κ1) is 13.9. The van der Waals surface area contributed by atoms with E-state index in [1.165, 1.54) is 0 Å². The van der Waals surface area contributed by atoms with Gasteiger partial charge in [-0.1, -0.05) is 0 Å². The van der Waals surface area contributed by atoms with Crippen LogP contribution in [0.2, 0.25) is 0 Å². The van der Waals surface area contributed by atoms with E-state index in [1.54, 1.807) is 13.4 Å². The number of hydrogen-bond donors (Lipinski definition) is 1. The number of rotatable bonds is 2. The van der Waals surface area contributed by atoms with Crippen molar-refractivity contribution >= 4 is 16.9 Å². The summed E-state index contributed by atoms with van der Waals surface area (Å²) < 4.78 is 11.6. The summed E-state index contributed by atoms with van der Waals surface area (Å²) in [6.07, 6.45) is 5.24. The maximum Gasteiger partial charge on any atom is 0.186 e. The molecule has 7 nitrogen and oxygen atoms in total. The fourth-order valence-corrected chi connectivity index (χ4v) is 3.75. The third kappa shape index (κ3) is 2.16. The fraction of sp³-hybridized carbons (Fsp3) is 0.667. The van der Waals surface area contributed by atoms with Gasteiger partial charge in [-0.15, -0.1) is 0 Å². The zero-order valence-electron chi connectivity index (χ0n) is 13.0. The molecule has 22 heavy (non-hydrogen) atoms. The number of ether oxygens (including phenoxy) is 2. The molecule has 1 saturated heterocycles. The highest BCUT2D eigenvalue weighted by molar-refractivity contribution is 5.89. The first-order valence-electron chi connectivity index (χ1n) is 7.84. The third-order valence-corrected chi connectivity index (χ3v) is 4.89. The summed E-state index contributed by atoms with van der Waals surface area (Å²) in [5.41, 5.74) is 1.73. The van der Waals surface area contributed by atoms with E-state index in [4.69, 9.17) is 9.47 Å². The quantitative estimate of drug-likeness (QED) is 0.904. The van der Waals surface area contributed by atoms with Crippen LogP contribution in [0.15, 0.2) is 6.33 Å². The Labute approximate surface area is 129 Å². The van der Waals surface area contributed by atoms with Crippen molar-refractivity contribution in [2.24, 2.45) is 0 Å². The fourth-order valence-electron chi connectivity index (χ4n) is 3.75. The number of aryl methyl sites for hydroxylation is 1. The number of aromatic nitrogens is 4. The molecular weight excluding hydrogens is 282 g/mol. The molecule has 118 valence electrons. The van der Waals surface area contributed by atoms with Crippen LogP contribution in [-0.4, -0.2) is 58.7 Å². The van der Waals surface area contributed by atoms with Crippen molar-refractivity contribution < 1.29 is 9.47 Å². The van der Waals surface area contributed by atoms with Crippen LogP contribution in [0.4, 0.5) is 5.82 Å². The van der Waals surface area contributed by atoms with E-state index in [0.717, 1.165) is 55.0 Å². The molecule has 0 aromatic carbocycles. The van der Waals surface area contributed by atoms with Gasteiger partial charge in [0.1, 0.15) is 12.1 Å². The Bertz CT molecular complexity index is 673. The lowest BCUT2D eigenvalue weighted by Gasteiger charge is -2.46. The molecule has 0 amide bonds. The average molecular weight is 303 g/mol. The predicted molar refractivity (Wildman–Crippen MR) is 81.9 cm³/mol. The van der Waals surface area contributed by atoms with Crippen LogP contribution in [-0.2, 0) is 9.47 Å². The van der Waals surface area contributed by atoms with Crippen molar-refractivity contribution in [3.8, 4) is 0 Å². The van der Waals surface area contributed by atoms with Crippen molar-refractivity contribution in [1.82, 2.24) is 20.2 Å². The minimum absolute atomic E-state index is 0.261. The van der Waals surface area contributed by atoms with E-state index < -0.39 is 0 Å². The monoisotopic (exact) mass is 303 g/mol. The summed E-state index contributed by atoms with van der Waals surface area (Å²) in [6.45, 7) is 3.59. The molecule has 1 aliphatic heterocycles. The Morgan fingerprint density at radius 3 is 3.14 bits per heavy atom. The number of anilines is 1. The molecule has 1 aliphatic carbocycles. The van der Waals surface area contributed by atoms with Crippen molar-refractivity contribution in [3.63, 3.8) is 0 Å². The van der Waals surface area contributed by atoms with Crippen molar-refractivity contribution in [3.05, 3.63) is 12.0 Å². The molecular formula is C15H21N5O2. The summed E-state index contributed by atoms with van der Waals surface area (Å²) in [5, 5.41) is 8.28. The van der Waals surface area contributed by atoms with Gasteiger partial charge in [-0.3, -0.25) is 5.10 Å². The van der Waals surface area contributed by atoms with E-state index in [0.29, 0.717) is 12.1 Å². The van der Waals surface area contributed by atoms with Crippen LogP contribution >= 0.6 is 0 Å². The Balaban J connectivity index is 1.74. The molecule has 2 aliphatic rings. The number of methoxy groups -OCH3 is 1. The van der Waals surface area contributed by atoms with Gasteiger partial charge in [-0.05, 0) is 26.2 Å². The van der Waals surface area contributed by atoms with Crippen LogP contribution in [0.3, 0.4) is 0 Å². The molecule has 2 aromatic rings. The van der Waals surface area contributed by atoms with Gasteiger partial charge in [-0.2, -0.15) is 5.10 Å². The maximum absolute atomic E-state index is 5.99. The van der Waals surface area contributed by atoms with Gasteiger partial charge < -0.3 is 14.4 Å². The second-order valence-corrected chi connectivity index (χ2v) is 6.09. The maximum atomic E-state index is 5.99. The lowest BCUT2D eigenvalue weighted by molar-refractivity contribution is -0.0472. The Morgan fingerprint density at radius 1 is 1.36 bits per heavy atom. The summed E-state index contributed by atoms with van der Waals surface area (Å²) >= 11 is 0. The molecule has 0 spiro atoms. The van der Waals surface area contributed by atoms with E-state index in [2.05, 4.69) is 25.1 Å². The number of morpholine rings is 1. The van der Waals surface area contributed by atoms with Crippen LogP contribution in [0.25, 0.3) is 11.0 Å². The van der Waals surface area contributed by atoms with Crippen LogP contribution in [0.1, 0.15) is 25.0 Å². The minimum atomic E-state index is 0.261. The summed E-state index contributed by atoms with van der Waals surface area (Å²) in [7, 11) is 1.79. The van der Waals surface area contributed by atoms with Crippen LogP contribution in [0, 0.1) is 6.92 Å². The van der Waals surface area contributed by atoms with Gasteiger partial charge in [0.25, 0.3) is 0 Å². The SMILES string of the molecule is COC1CCC2OCCN(c3ncnc4n[nH]c(C)c34)C2C1. The van der Waals surface area contributed by atoms with E-state index in [-0.39, 0.29) is 6.10 Å². The van der Waals surface area contributed by atoms with Gasteiger partial charge in [-0.25, -0.2) is 9.97 Å². The molecule has 0 bridgehead atoms. The largest absolute Gasteiger partial charge is 0.381 e. The van der Waals surface area contributed by atoms with E-state index in [1.807, 2.05) is 6.92 Å². The second kappa shape index (κ2) is 5.48. The van der Waals surface area contributed by atoms with Gasteiger partial charge in [0.15, 0.2) is 5.65 Å². The van der Waals surface area contributed by atoms with Gasteiger partial charge in [0.2, 0.25) is 0 Å². The number of fused-ring (bicyclic) bond motifs is 2. The molecule has 4 rings (SSSR count). The number of H-pyrrole nitrogens is 1. The highest BCUT2D eigenvalue weighted by Gasteiger charge is 2.39. The molecule has 0 radical (unpaired) electrons. The predicted octanol–water partition coefficient (Wildman–Crippen LogP) is 1.43. The lowest BCUT2D eigenvalue weighted by Crippen LogP contribution is -2.55. The van der Waals surface area contributed by atoms with Crippen LogP contribution < -0.4 is 4.90 Å². The molecule has 2 aromatic heterocycles. The normalized spacial score (nSPS) is 28.8. The van der Waals surface area contributed by atoms with Crippen molar-refractivity contribution in [2.75, 3.05) is 25.2 Å². The first-order chi connectivity index (χ1) is 10.8. The Kier molecular flexibility index (Phi) is 3.46. The number of hydrogen-bond acceptors (Lipinski definition) is 6. The molecule has 3 heterocycles. The Morgan fingerprint density at radius 2 is 2.27 bits per heavy atom. The molecule has 7 heteroatoms. The minimum Gasteiger partial charge on any atom is -0.381 e. The van der Waals surface area contributed by atoms with Gasteiger partial charge in [0, 0.05) is 19.3 Å². The highest BCUT2D eigenvalue weighted by Crippen LogP contribution is 2.35. The number of nitrogens with zero attached hydrogens (tertiary/aromatic N) is 4. The molecule has 3 atom stereocenters. The van der Waals surface area contributed by atoms with Crippen molar-refractivity contribution in [1.29, 1.82) is 0 Å². The zero-order valence-corrected chi connectivity index (χ0v) is 13.0. The standard InChI is InChI=1S/C15H21N5O2/c1-9-13-14(19-18-9)16-8-17-15(13)20-5-6-22-12-4-3-10(21-2)7-11(12)20/h8,10-12H,3-7H2,1-2H3,(H,16,17,18,19). The molecule has 2 fully saturated rings.